The van der Waals surface area contributed by atoms with E-state index >= 15 is 0 Å². The number of hydrogen-bond donors (Lipinski definition) is 1. The average molecular weight is 281 g/mol. The summed E-state index contributed by atoms with van der Waals surface area (Å²) in [7, 11) is 0. The monoisotopic (exact) mass is 281 g/mol. The standard InChI is InChI=1S/C16H15N3S/c1-11-9-12(13-5-2-3-6-14(13)18-11)10-19-8-4-7-15(19)16(17)20/h2-9H,10H2,1H3,(H2,17,20). The topological polar surface area (TPSA) is 43.8 Å². The normalized spacial score (nSPS) is 10.8. The molecule has 0 radical (unpaired) electrons. The summed E-state index contributed by atoms with van der Waals surface area (Å²) in [6.07, 6.45) is 2.00. The number of aryl methyl sites for hydroxylation is 1. The van der Waals surface area contributed by atoms with Crippen molar-refractivity contribution in [2.75, 3.05) is 0 Å². The van der Waals surface area contributed by atoms with Crippen molar-refractivity contribution in [1.29, 1.82) is 0 Å². The van der Waals surface area contributed by atoms with Gasteiger partial charge in [-0.2, -0.15) is 0 Å². The van der Waals surface area contributed by atoms with E-state index in [0.29, 0.717) is 4.99 Å². The lowest BCUT2D eigenvalue weighted by atomic mass is 10.1. The number of aromatic nitrogens is 2. The van der Waals surface area contributed by atoms with Gasteiger partial charge < -0.3 is 10.3 Å². The predicted molar refractivity (Wildman–Crippen MR) is 85.9 cm³/mol. The molecule has 0 spiro atoms. The van der Waals surface area contributed by atoms with Gasteiger partial charge in [0.1, 0.15) is 4.99 Å². The molecule has 0 unspecified atom stereocenters. The van der Waals surface area contributed by atoms with Crippen molar-refractivity contribution in [3.63, 3.8) is 0 Å². The lowest BCUT2D eigenvalue weighted by Crippen LogP contribution is -2.16. The summed E-state index contributed by atoms with van der Waals surface area (Å²) in [5.74, 6) is 0. The minimum absolute atomic E-state index is 0.421. The van der Waals surface area contributed by atoms with E-state index in [-0.39, 0.29) is 0 Å². The van der Waals surface area contributed by atoms with Crippen molar-refractivity contribution in [2.45, 2.75) is 13.5 Å². The van der Waals surface area contributed by atoms with Crippen LogP contribution in [0.5, 0.6) is 0 Å². The van der Waals surface area contributed by atoms with E-state index in [9.17, 15) is 0 Å². The molecule has 3 nitrogen and oxygen atoms in total. The Labute approximate surface area is 123 Å². The highest BCUT2D eigenvalue weighted by molar-refractivity contribution is 7.80. The second-order valence-electron chi connectivity index (χ2n) is 4.83. The molecule has 1 aromatic carbocycles. The van der Waals surface area contributed by atoms with E-state index in [0.717, 1.165) is 23.4 Å². The molecule has 0 aliphatic carbocycles. The molecule has 0 atom stereocenters. The van der Waals surface area contributed by atoms with Crippen molar-refractivity contribution in [3.8, 4) is 0 Å². The van der Waals surface area contributed by atoms with Gasteiger partial charge >= 0.3 is 0 Å². The van der Waals surface area contributed by atoms with Crippen molar-refractivity contribution in [1.82, 2.24) is 9.55 Å². The van der Waals surface area contributed by atoms with Gasteiger partial charge in [-0.05, 0) is 36.8 Å². The molecule has 0 amide bonds. The van der Waals surface area contributed by atoms with Crippen LogP contribution in [0.25, 0.3) is 10.9 Å². The molecule has 2 aromatic heterocycles. The first-order chi connectivity index (χ1) is 9.65. The molecule has 0 saturated heterocycles. The van der Waals surface area contributed by atoms with Crippen LogP contribution < -0.4 is 5.73 Å². The van der Waals surface area contributed by atoms with Gasteiger partial charge in [-0.25, -0.2) is 0 Å². The van der Waals surface area contributed by atoms with Gasteiger partial charge in [-0.15, -0.1) is 0 Å². The number of rotatable bonds is 3. The number of fused-ring (bicyclic) bond motifs is 1. The lowest BCUT2D eigenvalue weighted by Gasteiger charge is -2.11. The van der Waals surface area contributed by atoms with Crippen LogP contribution in [0.4, 0.5) is 0 Å². The van der Waals surface area contributed by atoms with Gasteiger partial charge in [0, 0.05) is 23.8 Å². The molecule has 20 heavy (non-hydrogen) atoms. The Bertz CT molecular complexity index is 789. The van der Waals surface area contributed by atoms with Gasteiger partial charge in [-0.1, -0.05) is 30.4 Å². The smallest absolute Gasteiger partial charge is 0.120 e. The van der Waals surface area contributed by atoms with Crippen LogP contribution >= 0.6 is 12.2 Å². The lowest BCUT2D eigenvalue weighted by molar-refractivity contribution is 0.802. The molecule has 3 rings (SSSR count). The fourth-order valence-electron chi connectivity index (χ4n) is 2.48. The summed E-state index contributed by atoms with van der Waals surface area (Å²) >= 11 is 5.09. The number of pyridine rings is 1. The van der Waals surface area contributed by atoms with E-state index in [2.05, 4.69) is 21.7 Å². The molecule has 0 aliphatic heterocycles. The summed E-state index contributed by atoms with van der Waals surface area (Å²) < 4.78 is 2.07. The average Bonchev–Trinajstić information content (AvgIpc) is 2.87. The maximum absolute atomic E-state index is 5.75. The first-order valence-electron chi connectivity index (χ1n) is 6.45. The number of nitrogens with two attached hydrogens (primary N) is 1. The molecule has 0 aliphatic rings. The van der Waals surface area contributed by atoms with Gasteiger partial charge in [0.15, 0.2) is 0 Å². The van der Waals surface area contributed by atoms with Crippen molar-refractivity contribution < 1.29 is 0 Å². The van der Waals surface area contributed by atoms with Crippen molar-refractivity contribution in [3.05, 3.63) is 65.6 Å². The summed E-state index contributed by atoms with van der Waals surface area (Å²) in [6, 6.07) is 14.2. The third-order valence-corrected chi connectivity index (χ3v) is 3.56. The van der Waals surface area contributed by atoms with Gasteiger partial charge in [0.25, 0.3) is 0 Å². The molecule has 0 saturated carbocycles. The number of nitrogens with zero attached hydrogens (tertiary/aromatic N) is 2. The van der Waals surface area contributed by atoms with Crippen LogP contribution in [0.15, 0.2) is 48.7 Å². The largest absolute Gasteiger partial charge is 0.388 e. The molecule has 2 heterocycles. The molecule has 0 bridgehead atoms. The van der Waals surface area contributed by atoms with Crippen LogP contribution in [-0.4, -0.2) is 14.5 Å². The summed E-state index contributed by atoms with van der Waals surface area (Å²) in [4.78, 5) is 4.98. The molecular formula is C16H15N3S. The first kappa shape index (κ1) is 12.8. The van der Waals surface area contributed by atoms with E-state index in [1.54, 1.807) is 0 Å². The minimum Gasteiger partial charge on any atom is -0.388 e. The number of para-hydroxylation sites is 1. The molecular weight excluding hydrogens is 266 g/mol. The molecule has 0 fully saturated rings. The number of benzene rings is 1. The minimum atomic E-state index is 0.421. The van der Waals surface area contributed by atoms with E-state index in [4.69, 9.17) is 18.0 Å². The van der Waals surface area contributed by atoms with Crippen LogP contribution in [-0.2, 0) is 6.54 Å². The summed E-state index contributed by atoms with van der Waals surface area (Å²) in [6.45, 7) is 2.75. The second-order valence-corrected chi connectivity index (χ2v) is 5.27. The Morgan fingerprint density at radius 3 is 2.85 bits per heavy atom. The van der Waals surface area contributed by atoms with Crippen LogP contribution in [0.3, 0.4) is 0 Å². The van der Waals surface area contributed by atoms with Crippen LogP contribution in [0.2, 0.25) is 0 Å². The fourth-order valence-corrected chi connectivity index (χ4v) is 2.67. The highest BCUT2D eigenvalue weighted by Gasteiger charge is 2.08. The Hall–Kier alpha value is -2.20. The number of thiocarbonyl (C=S) groups is 1. The van der Waals surface area contributed by atoms with Gasteiger partial charge in [-0.3, -0.25) is 4.98 Å². The SMILES string of the molecule is Cc1cc(Cn2cccc2C(N)=S)c2ccccc2n1. The highest BCUT2D eigenvalue weighted by atomic mass is 32.1. The van der Waals surface area contributed by atoms with Gasteiger partial charge in [0.05, 0.1) is 11.2 Å². The molecule has 4 heteroatoms. The quantitative estimate of drug-likeness (QED) is 0.750. The summed E-state index contributed by atoms with van der Waals surface area (Å²) in [5.41, 5.74) is 9.90. The highest BCUT2D eigenvalue weighted by Crippen LogP contribution is 2.20. The van der Waals surface area contributed by atoms with Gasteiger partial charge in [0.2, 0.25) is 0 Å². The van der Waals surface area contributed by atoms with Crippen LogP contribution in [0.1, 0.15) is 17.0 Å². The maximum atomic E-state index is 5.75. The fraction of sp³-hybridized carbons (Fsp3) is 0.125. The van der Waals surface area contributed by atoms with E-state index in [1.165, 1.54) is 10.9 Å². The molecule has 100 valence electrons. The van der Waals surface area contributed by atoms with Crippen molar-refractivity contribution >= 4 is 28.1 Å². The Morgan fingerprint density at radius 2 is 2.05 bits per heavy atom. The molecule has 2 N–H and O–H groups in total. The predicted octanol–water partition coefficient (Wildman–Crippen LogP) is 3.03. The van der Waals surface area contributed by atoms with Crippen molar-refractivity contribution in [2.24, 2.45) is 5.73 Å². The van der Waals surface area contributed by atoms with E-state index < -0.39 is 0 Å². The molecule has 3 aromatic rings. The third kappa shape index (κ3) is 2.30. The Kier molecular flexibility index (Phi) is 3.24. The second kappa shape index (κ2) is 5.06. The Morgan fingerprint density at radius 1 is 1.25 bits per heavy atom. The first-order valence-corrected chi connectivity index (χ1v) is 6.86. The zero-order chi connectivity index (χ0) is 14.1. The number of hydrogen-bond acceptors (Lipinski definition) is 2. The van der Waals surface area contributed by atoms with E-state index in [1.807, 2.05) is 43.5 Å². The van der Waals surface area contributed by atoms with Crippen LogP contribution in [0, 0.1) is 6.92 Å². The zero-order valence-electron chi connectivity index (χ0n) is 11.2. The Balaban J connectivity index is 2.10. The zero-order valence-corrected chi connectivity index (χ0v) is 12.0. The maximum Gasteiger partial charge on any atom is 0.120 e. The third-order valence-electron chi connectivity index (χ3n) is 3.35. The summed E-state index contributed by atoms with van der Waals surface area (Å²) in [5, 5.41) is 1.17.